The van der Waals surface area contributed by atoms with Crippen molar-refractivity contribution in [3.8, 4) is 11.1 Å². The molecule has 1 saturated carbocycles. The molecule has 0 amide bonds. The van der Waals surface area contributed by atoms with E-state index in [2.05, 4.69) is 22.9 Å². The van der Waals surface area contributed by atoms with Crippen LogP contribution in [0.25, 0.3) is 22.2 Å². The number of thiol groups is 1. The topological polar surface area (TPSA) is 52.7 Å². The van der Waals surface area contributed by atoms with E-state index in [9.17, 15) is 18.0 Å². The van der Waals surface area contributed by atoms with Crippen LogP contribution in [0.5, 0.6) is 0 Å². The molecule has 1 aliphatic rings. The number of carbonyl (C=O) groups excluding carboxylic acids is 1. The van der Waals surface area contributed by atoms with E-state index in [1.807, 2.05) is 6.07 Å². The van der Waals surface area contributed by atoms with Crippen molar-refractivity contribution >= 4 is 29.6 Å². The Bertz CT molecular complexity index is 982. The van der Waals surface area contributed by atoms with Crippen molar-refractivity contribution in [2.75, 3.05) is 0 Å². The lowest BCUT2D eigenvalue weighted by atomic mass is 9.84. The normalized spacial score (nSPS) is 16.5. The number of hydrogen-bond acceptors (Lipinski definition) is 4. The Morgan fingerprint density at radius 1 is 1.15 bits per heavy atom. The highest BCUT2D eigenvalue weighted by Crippen LogP contribution is 2.36. The van der Waals surface area contributed by atoms with Crippen LogP contribution in [-0.4, -0.2) is 24.5 Å². The van der Waals surface area contributed by atoms with Gasteiger partial charge in [-0.25, -0.2) is 4.98 Å². The number of carbonyl (C=O) groups is 1. The molecule has 1 fully saturated rings. The zero-order valence-electron chi connectivity index (χ0n) is 13.6. The third kappa shape index (κ3) is 3.00. The molecule has 0 unspecified atom stereocenters. The van der Waals surface area contributed by atoms with Gasteiger partial charge in [-0.05, 0) is 30.4 Å². The first-order valence-electron chi connectivity index (χ1n) is 8.17. The third-order valence-electron chi connectivity index (χ3n) is 4.81. The number of aromatic nitrogens is 4. The molecule has 26 heavy (non-hydrogen) atoms. The van der Waals surface area contributed by atoms with Crippen LogP contribution in [0.2, 0.25) is 0 Å². The molecule has 3 heterocycles. The summed E-state index contributed by atoms with van der Waals surface area (Å²) in [5, 5.41) is 4.12. The molecule has 4 rings (SSSR count). The molecule has 5 nitrogen and oxygen atoms in total. The fourth-order valence-electron chi connectivity index (χ4n) is 3.43. The highest BCUT2D eigenvalue weighted by molar-refractivity contribution is 7.78. The minimum atomic E-state index is -4.56. The molecule has 0 aromatic carbocycles. The van der Waals surface area contributed by atoms with Crippen LogP contribution in [0.4, 0.5) is 13.2 Å². The number of Topliss-reactive ketones (excluding diaryl/α,β-unsaturated/α-hetero) is 1. The van der Waals surface area contributed by atoms with E-state index in [1.165, 1.54) is 10.2 Å². The van der Waals surface area contributed by atoms with E-state index in [-0.39, 0.29) is 16.4 Å². The zero-order valence-corrected chi connectivity index (χ0v) is 14.5. The number of pyridine rings is 1. The first-order valence-corrected chi connectivity index (χ1v) is 8.57. The average Bonchev–Trinajstić information content (AvgIpc) is 3.20. The molecule has 3 aromatic rings. The monoisotopic (exact) mass is 380 g/mol. The summed E-state index contributed by atoms with van der Waals surface area (Å²) in [6.45, 7) is 0. The Morgan fingerprint density at radius 3 is 2.54 bits per heavy atom. The molecule has 3 aromatic heterocycles. The molecule has 136 valence electrons. The van der Waals surface area contributed by atoms with Crippen LogP contribution in [0.15, 0.2) is 30.9 Å². The van der Waals surface area contributed by atoms with Gasteiger partial charge in [0.15, 0.2) is 0 Å². The van der Waals surface area contributed by atoms with Gasteiger partial charge < -0.3 is 0 Å². The van der Waals surface area contributed by atoms with E-state index >= 15 is 0 Å². The lowest BCUT2D eigenvalue weighted by Crippen LogP contribution is -2.16. The van der Waals surface area contributed by atoms with Gasteiger partial charge >= 0.3 is 6.30 Å². The quantitative estimate of drug-likeness (QED) is 0.675. The summed E-state index contributed by atoms with van der Waals surface area (Å²) >= 11 is 4.32. The first kappa shape index (κ1) is 17.1. The molecule has 0 spiro atoms. The van der Waals surface area contributed by atoms with Gasteiger partial charge in [0.2, 0.25) is 0 Å². The predicted molar refractivity (Wildman–Crippen MR) is 92.9 cm³/mol. The maximum Gasteiger partial charge on any atom is 0.504 e. The van der Waals surface area contributed by atoms with E-state index < -0.39 is 6.30 Å². The minimum absolute atomic E-state index is 0.0198. The average molecular weight is 380 g/mol. The minimum Gasteiger partial charge on any atom is -0.300 e. The molecular formula is C17H15F3N4OS. The van der Waals surface area contributed by atoms with Crippen molar-refractivity contribution in [3.05, 3.63) is 36.4 Å². The summed E-state index contributed by atoms with van der Waals surface area (Å²) in [7, 11) is 0. The zero-order chi connectivity index (χ0) is 18.5. The number of ketones is 1. The molecule has 1 aliphatic carbocycles. The summed E-state index contributed by atoms with van der Waals surface area (Å²) in [5.41, 5.74) is 2.50. The van der Waals surface area contributed by atoms with Crippen molar-refractivity contribution in [2.24, 2.45) is 0 Å². The summed E-state index contributed by atoms with van der Waals surface area (Å²) in [4.78, 5) is 15.9. The fourth-order valence-corrected chi connectivity index (χ4v) is 3.71. The smallest absolute Gasteiger partial charge is 0.300 e. The van der Waals surface area contributed by atoms with Crippen molar-refractivity contribution in [2.45, 2.75) is 37.9 Å². The molecule has 0 N–H and O–H groups in total. The maximum atomic E-state index is 12.8. The van der Waals surface area contributed by atoms with Gasteiger partial charge in [0.25, 0.3) is 0 Å². The summed E-state index contributed by atoms with van der Waals surface area (Å²) in [6.07, 6.45) is 3.63. The highest BCUT2D eigenvalue weighted by atomic mass is 32.1. The Labute approximate surface area is 152 Å². The van der Waals surface area contributed by atoms with Crippen molar-refractivity contribution < 1.29 is 18.0 Å². The number of hydrogen-bond donors (Lipinski definition) is 1. The second-order valence-corrected chi connectivity index (χ2v) is 6.91. The summed E-state index contributed by atoms with van der Waals surface area (Å²) in [5.74, 6) is 0.510. The molecular weight excluding hydrogens is 365 g/mol. The second kappa shape index (κ2) is 6.15. The van der Waals surface area contributed by atoms with Crippen LogP contribution in [0.3, 0.4) is 0 Å². The molecule has 0 atom stereocenters. The van der Waals surface area contributed by atoms with Crippen LogP contribution in [-0.2, 0) is 11.1 Å². The molecule has 0 bridgehead atoms. The SMILES string of the molecule is O=C1CCC(c2cnc3c(c2)c(-c2cnn(C(F)(F)F)c2)cn3S)CC1. The van der Waals surface area contributed by atoms with Gasteiger partial charge in [0.1, 0.15) is 11.4 Å². The molecule has 0 radical (unpaired) electrons. The number of rotatable bonds is 2. The summed E-state index contributed by atoms with van der Waals surface area (Å²) in [6, 6.07) is 1.94. The van der Waals surface area contributed by atoms with Crippen molar-refractivity contribution in [1.82, 2.24) is 18.7 Å². The van der Waals surface area contributed by atoms with Crippen LogP contribution in [0, 0.1) is 0 Å². The van der Waals surface area contributed by atoms with Crippen molar-refractivity contribution in [1.29, 1.82) is 0 Å². The van der Waals surface area contributed by atoms with Gasteiger partial charge in [-0.3, -0.25) is 8.77 Å². The molecule has 9 heteroatoms. The van der Waals surface area contributed by atoms with E-state index in [0.717, 1.165) is 30.0 Å². The van der Waals surface area contributed by atoms with Crippen LogP contribution < -0.4 is 0 Å². The van der Waals surface area contributed by atoms with Gasteiger partial charge in [-0.15, -0.1) is 13.2 Å². The largest absolute Gasteiger partial charge is 0.504 e. The Kier molecular flexibility index (Phi) is 4.06. The lowest BCUT2D eigenvalue weighted by Gasteiger charge is -2.21. The number of fused-ring (bicyclic) bond motifs is 1. The van der Waals surface area contributed by atoms with Gasteiger partial charge in [-0.2, -0.15) is 9.78 Å². The van der Waals surface area contributed by atoms with Crippen LogP contribution >= 0.6 is 12.8 Å². The number of nitrogens with zero attached hydrogens (tertiary/aromatic N) is 4. The maximum absolute atomic E-state index is 12.8. The Morgan fingerprint density at radius 2 is 1.88 bits per heavy atom. The van der Waals surface area contributed by atoms with Crippen LogP contribution in [0.1, 0.15) is 37.2 Å². The van der Waals surface area contributed by atoms with E-state index in [0.29, 0.717) is 29.6 Å². The van der Waals surface area contributed by atoms with E-state index in [1.54, 1.807) is 12.4 Å². The summed E-state index contributed by atoms with van der Waals surface area (Å²) < 4.78 is 39.9. The highest BCUT2D eigenvalue weighted by Gasteiger charge is 2.32. The molecule has 0 saturated heterocycles. The Hall–Kier alpha value is -2.29. The third-order valence-corrected chi connectivity index (χ3v) is 5.12. The lowest BCUT2D eigenvalue weighted by molar-refractivity contribution is -0.212. The standard InChI is InChI=1S/C17H15F3N4OS/c18-17(19,20)24-8-12(7-22-24)15-9-23(26)16-14(15)5-11(6-21-16)10-1-3-13(25)4-2-10/h5-10,26H,1-4H2. The van der Waals surface area contributed by atoms with Gasteiger partial charge in [0, 0.05) is 47.9 Å². The predicted octanol–water partition coefficient (Wildman–Crippen LogP) is 4.30. The fraction of sp³-hybridized carbons (Fsp3) is 0.353. The van der Waals surface area contributed by atoms with E-state index in [4.69, 9.17) is 0 Å². The van der Waals surface area contributed by atoms with Crippen molar-refractivity contribution in [3.63, 3.8) is 0 Å². The molecule has 0 aliphatic heterocycles. The first-order chi connectivity index (χ1) is 12.3. The number of halogens is 3. The Balaban J connectivity index is 1.76. The number of alkyl halides is 3. The van der Waals surface area contributed by atoms with Gasteiger partial charge in [-0.1, -0.05) is 12.8 Å². The second-order valence-electron chi connectivity index (χ2n) is 6.48. The van der Waals surface area contributed by atoms with Gasteiger partial charge in [0.05, 0.1) is 6.20 Å².